The summed E-state index contributed by atoms with van der Waals surface area (Å²) in [6.07, 6.45) is 2.04. The van der Waals surface area contributed by atoms with Crippen molar-refractivity contribution in [2.75, 3.05) is 6.54 Å². The first-order valence-electron chi connectivity index (χ1n) is 8.55. The van der Waals surface area contributed by atoms with E-state index in [1.54, 1.807) is 6.20 Å². The number of halogens is 2. The highest BCUT2D eigenvalue weighted by atomic mass is 19.2. The van der Waals surface area contributed by atoms with Crippen LogP contribution in [-0.4, -0.2) is 23.5 Å². The number of carbonyl (C=O) groups is 1. The predicted molar refractivity (Wildman–Crippen MR) is 96.5 cm³/mol. The number of fused-ring (bicyclic) bond motifs is 1. The summed E-state index contributed by atoms with van der Waals surface area (Å²) >= 11 is 0. The lowest BCUT2D eigenvalue weighted by molar-refractivity contribution is 0.0928. The Kier molecular flexibility index (Phi) is 4.54. The van der Waals surface area contributed by atoms with Gasteiger partial charge in [0.05, 0.1) is 17.8 Å². The summed E-state index contributed by atoms with van der Waals surface area (Å²) in [6, 6.07) is 15.0. The molecule has 0 saturated heterocycles. The number of hydrogen-bond acceptors (Lipinski definition) is 3. The number of para-hydroxylation sites is 1. The fourth-order valence-corrected chi connectivity index (χ4v) is 3.16. The minimum absolute atomic E-state index is 0.186. The topological polar surface area (TPSA) is 51.2 Å². The lowest BCUT2D eigenvalue weighted by Gasteiger charge is -2.13. The molecule has 1 N–H and O–H groups in total. The van der Waals surface area contributed by atoms with Crippen LogP contribution in [0.25, 0.3) is 11.3 Å². The van der Waals surface area contributed by atoms with E-state index in [1.807, 2.05) is 36.4 Å². The maximum Gasteiger partial charge on any atom is 0.254 e. The Hall–Kier alpha value is -3.28. The summed E-state index contributed by atoms with van der Waals surface area (Å²) in [6.45, 7) is 0.186. The van der Waals surface area contributed by atoms with E-state index in [0.29, 0.717) is 6.42 Å². The zero-order chi connectivity index (χ0) is 18.8. The quantitative estimate of drug-likeness (QED) is 0.765. The van der Waals surface area contributed by atoms with Gasteiger partial charge in [0, 0.05) is 18.2 Å². The number of benzene rings is 2. The standard InChI is InChI=1S/C21H16F2N2O2/c22-17-8-4-7-16(19(17)23)21(26)25-12-14-11-13-5-3-6-15(20(13)27-14)18-9-1-2-10-24-18/h1-10,14H,11-12H2,(H,25,26). The highest BCUT2D eigenvalue weighted by Crippen LogP contribution is 2.37. The first kappa shape index (κ1) is 17.1. The van der Waals surface area contributed by atoms with Crippen molar-refractivity contribution in [2.45, 2.75) is 12.5 Å². The largest absolute Gasteiger partial charge is 0.487 e. The Bertz CT molecular complexity index is 993. The monoisotopic (exact) mass is 366 g/mol. The van der Waals surface area contributed by atoms with Crippen LogP contribution in [0.1, 0.15) is 15.9 Å². The van der Waals surface area contributed by atoms with Gasteiger partial charge in [-0.1, -0.05) is 24.3 Å². The molecule has 0 spiro atoms. The molecule has 0 fully saturated rings. The average Bonchev–Trinajstić information content (AvgIpc) is 3.12. The highest BCUT2D eigenvalue weighted by molar-refractivity contribution is 5.94. The van der Waals surface area contributed by atoms with E-state index in [0.717, 1.165) is 28.6 Å². The molecule has 2 aromatic carbocycles. The first-order chi connectivity index (χ1) is 13.1. The number of amides is 1. The fourth-order valence-electron chi connectivity index (χ4n) is 3.16. The van der Waals surface area contributed by atoms with Gasteiger partial charge in [-0.05, 0) is 35.9 Å². The summed E-state index contributed by atoms with van der Waals surface area (Å²) in [7, 11) is 0. The van der Waals surface area contributed by atoms with Crippen molar-refractivity contribution in [3.63, 3.8) is 0 Å². The van der Waals surface area contributed by atoms with Crippen LogP contribution in [0.2, 0.25) is 0 Å². The highest BCUT2D eigenvalue weighted by Gasteiger charge is 2.27. The number of nitrogens with one attached hydrogen (secondary N) is 1. The van der Waals surface area contributed by atoms with Gasteiger partial charge in [0.2, 0.25) is 0 Å². The van der Waals surface area contributed by atoms with Crippen molar-refractivity contribution >= 4 is 5.91 Å². The van der Waals surface area contributed by atoms with Gasteiger partial charge in [0.15, 0.2) is 11.6 Å². The number of nitrogens with zero attached hydrogens (tertiary/aromatic N) is 1. The van der Waals surface area contributed by atoms with Crippen LogP contribution in [0.5, 0.6) is 5.75 Å². The van der Waals surface area contributed by atoms with Crippen LogP contribution < -0.4 is 10.1 Å². The lowest BCUT2D eigenvalue weighted by Crippen LogP contribution is -2.35. The summed E-state index contributed by atoms with van der Waals surface area (Å²) in [4.78, 5) is 16.5. The molecule has 0 aliphatic carbocycles. The van der Waals surface area contributed by atoms with Crippen LogP contribution in [-0.2, 0) is 6.42 Å². The van der Waals surface area contributed by atoms with Crippen molar-refractivity contribution in [2.24, 2.45) is 0 Å². The number of pyridine rings is 1. The van der Waals surface area contributed by atoms with Gasteiger partial charge < -0.3 is 10.1 Å². The van der Waals surface area contributed by atoms with Crippen molar-refractivity contribution in [3.05, 3.63) is 83.6 Å². The van der Waals surface area contributed by atoms with Gasteiger partial charge in [-0.2, -0.15) is 0 Å². The molecule has 4 nitrogen and oxygen atoms in total. The second-order valence-electron chi connectivity index (χ2n) is 6.26. The molecule has 136 valence electrons. The van der Waals surface area contributed by atoms with Gasteiger partial charge in [0.1, 0.15) is 11.9 Å². The zero-order valence-electron chi connectivity index (χ0n) is 14.3. The molecule has 0 bridgehead atoms. The fraction of sp³-hybridized carbons (Fsp3) is 0.143. The number of aromatic nitrogens is 1. The van der Waals surface area contributed by atoms with E-state index in [4.69, 9.17) is 4.74 Å². The van der Waals surface area contributed by atoms with Gasteiger partial charge in [-0.25, -0.2) is 8.78 Å². The molecule has 4 rings (SSSR count). The maximum atomic E-state index is 13.7. The van der Waals surface area contributed by atoms with Gasteiger partial charge in [-0.3, -0.25) is 9.78 Å². The Morgan fingerprint density at radius 3 is 2.78 bits per heavy atom. The van der Waals surface area contributed by atoms with Crippen molar-refractivity contribution in [1.29, 1.82) is 0 Å². The molecule has 1 unspecified atom stereocenters. The first-order valence-corrected chi connectivity index (χ1v) is 8.55. The maximum absolute atomic E-state index is 13.7. The number of hydrogen-bond donors (Lipinski definition) is 1. The van der Waals surface area contributed by atoms with Crippen LogP contribution in [0, 0.1) is 11.6 Å². The number of rotatable bonds is 4. The third-order valence-corrected chi connectivity index (χ3v) is 4.46. The van der Waals surface area contributed by atoms with Gasteiger partial charge in [0.25, 0.3) is 5.91 Å². The van der Waals surface area contributed by atoms with E-state index in [-0.39, 0.29) is 18.2 Å². The number of carbonyl (C=O) groups excluding carboxylic acids is 1. The van der Waals surface area contributed by atoms with Gasteiger partial charge >= 0.3 is 0 Å². The van der Waals surface area contributed by atoms with E-state index >= 15 is 0 Å². The normalized spacial score (nSPS) is 15.1. The van der Waals surface area contributed by atoms with Crippen molar-refractivity contribution in [3.8, 4) is 17.0 Å². The second-order valence-corrected chi connectivity index (χ2v) is 6.26. The third kappa shape index (κ3) is 3.38. The molecule has 2 heterocycles. The molecule has 1 amide bonds. The molecule has 1 aliphatic rings. The van der Waals surface area contributed by atoms with E-state index in [2.05, 4.69) is 10.3 Å². The smallest absolute Gasteiger partial charge is 0.254 e. The Morgan fingerprint density at radius 2 is 1.96 bits per heavy atom. The molecular formula is C21H16F2N2O2. The Labute approximate surface area is 154 Å². The van der Waals surface area contributed by atoms with Crippen LogP contribution in [0.3, 0.4) is 0 Å². The van der Waals surface area contributed by atoms with E-state index in [9.17, 15) is 13.6 Å². The second kappa shape index (κ2) is 7.15. The van der Waals surface area contributed by atoms with Crippen LogP contribution in [0.15, 0.2) is 60.8 Å². The molecule has 3 aromatic rings. The van der Waals surface area contributed by atoms with Crippen LogP contribution >= 0.6 is 0 Å². The number of ether oxygens (including phenoxy) is 1. The minimum Gasteiger partial charge on any atom is -0.487 e. The third-order valence-electron chi connectivity index (χ3n) is 4.46. The molecule has 27 heavy (non-hydrogen) atoms. The molecule has 0 saturated carbocycles. The molecule has 0 radical (unpaired) electrons. The van der Waals surface area contributed by atoms with Gasteiger partial charge in [-0.15, -0.1) is 0 Å². The molecule has 1 aromatic heterocycles. The van der Waals surface area contributed by atoms with Crippen LogP contribution in [0.4, 0.5) is 8.78 Å². The SMILES string of the molecule is O=C(NCC1Cc2cccc(-c3ccccn3)c2O1)c1cccc(F)c1F. The summed E-state index contributed by atoms with van der Waals surface area (Å²) in [5.41, 5.74) is 2.40. The molecular weight excluding hydrogens is 350 g/mol. The summed E-state index contributed by atoms with van der Waals surface area (Å²) < 4.78 is 33.0. The molecule has 6 heteroatoms. The summed E-state index contributed by atoms with van der Waals surface area (Å²) in [5, 5.41) is 2.62. The minimum atomic E-state index is -1.15. The zero-order valence-corrected chi connectivity index (χ0v) is 14.3. The average molecular weight is 366 g/mol. The molecule has 1 atom stereocenters. The Morgan fingerprint density at radius 1 is 1.11 bits per heavy atom. The lowest BCUT2D eigenvalue weighted by atomic mass is 10.0. The van der Waals surface area contributed by atoms with Crippen molar-refractivity contribution < 1.29 is 18.3 Å². The van der Waals surface area contributed by atoms with E-state index in [1.165, 1.54) is 12.1 Å². The predicted octanol–water partition coefficient (Wildman–Crippen LogP) is 3.76. The Balaban J connectivity index is 1.47. The summed E-state index contributed by atoms with van der Waals surface area (Å²) in [5.74, 6) is -2.13. The van der Waals surface area contributed by atoms with Crippen molar-refractivity contribution in [1.82, 2.24) is 10.3 Å². The van der Waals surface area contributed by atoms with E-state index < -0.39 is 17.5 Å². The molecule has 1 aliphatic heterocycles.